The number of aldehydes is 1. The fraction of sp³-hybridized carbons (Fsp3) is 0.176. The molecule has 3 N–H and O–H groups in total. The van der Waals surface area contributed by atoms with Crippen LogP contribution in [0.3, 0.4) is 0 Å². The highest BCUT2D eigenvalue weighted by atomic mass is 16.1. The number of rotatable bonds is 5. The number of hydrogen-bond acceptors (Lipinski definition) is 3. The molecule has 112 valence electrons. The van der Waals surface area contributed by atoms with Crippen LogP contribution in [0.15, 0.2) is 53.3 Å². The molecular weight excluding hydrogens is 278 g/mol. The summed E-state index contributed by atoms with van der Waals surface area (Å²) in [5, 5.41) is 0. The van der Waals surface area contributed by atoms with Gasteiger partial charge in [0.1, 0.15) is 6.29 Å². The average molecular weight is 295 g/mol. The molecule has 0 saturated heterocycles. The molecule has 1 aromatic heterocycles. The summed E-state index contributed by atoms with van der Waals surface area (Å²) >= 11 is 0. The van der Waals surface area contributed by atoms with Crippen molar-refractivity contribution in [2.24, 2.45) is 5.73 Å². The topological polar surface area (TPSA) is 80.9 Å². The Hall–Kier alpha value is -2.66. The zero-order chi connectivity index (χ0) is 15.5. The van der Waals surface area contributed by atoms with Crippen LogP contribution in [0.5, 0.6) is 0 Å². The molecule has 0 unspecified atom stereocenters. The summed E-state index contributed by atoms with van der Waals surface area (Å²) in [5.41, 5.74) is 9.20. The quantitative estimate of drug-likeness (QED) is 0.704. The van der Waals surface area contributed by atoms with Gasteiger partial charge in [0, 0.05) is 12.5 Å². The number of nitrogens with zero attached hydrogens (tertiary/aromatic N) is 1. The van der Waals surface area contributed by atoms with Crippen molar-refractivity contribution in [1.29, 1.82) is 0 Å². The second kappa shape index (κ2) is 5.99. The Morgan fingerprint density at radius 2 is 1.86 bits per heavy atom. The minimum Gasteiger partial charge on any atom is -0.327 e. The van der Waals surface area contributed by atoms with Gasteiger partial charge in [-0.25, -0.2) is 4.79 Å². The maximum Gasteiger partial charge on any atom is 0.331 e. The molecule has 0 aliphatic carbocycles. The van der Waals surface area contributed by atoms with Gasteiger partial charge >= 0.3 is 5.69 Å². The number of para-hydroxylation sites is 2. The summed E-state index contributed by atoms with van der Waals surface area (Å²) < 4.78 is 1.64. The minimum atomic E-state index is -0.167. The Kier molecular flexibility index (Phi) is 3.89. The first-order chi connectivity index (χ1) is 10.7. The smallest absolute Gasteiger partial charge is 0.327 e. The van der Waals surface area contributed by atoms with Gasteiger partial charge in [-0.2, -0.15) is 0 Å². The molecule has 5 nitrogen and oxygen atoms in total. The number of carbonyl (C=O) groups excluding carboxylic acids is 1. The van der Waals surface area contributed by atoms with Gasteiger partial charge in [0.05, 0.1) is 16.7 Å². The van der Waals surface area contributed by atoms with Crippen molar-refractivity contribution < 1.29 is 4.79 Å². The summed E-state index contributed by atoms with van der Waals surface area (Å²) in [6.45, 7) is 0. The molecule has 22 heavy (non-hydrogen) atoms. The lowest BCUT2D eigenvalue weighted by Crippen LogP contribution is -2.23. The highest BCUT2D eigenvalue weighted by molar-refractivity contribution is 5.77. The molecule has 2 aromatic carbocycles. The fourth-order valence-electron chi connectivity index (χ4n) is 2.60. The predicted molar refractivity (Wildman–Crippen MR) is 86.3 cm³/mol. The average Bonchev–Trinajstić information content (AvgIpc) is 2.84. The fourth-order valence-corrected chi connectivity index (χ4v) is 2.60. The van der Waals surface area contributed by atoms with E-state index < -0.39 is 0 Å². The third-order valence-corrected chi connectivity index (χ3v) is 3.68. The van der Waals surface area contributed by atoms with E-state index in [1.54, 1.807) is 4.57 Å². The molecule has 0 aliphatic heterocycles. The summed E-state index contributed by atoms with van der Waals surface area (Å²) in [6.07, 6.45) is 1.83. The standard InChI is InChI=1S/C17H17N3O2/c18-13(9-10-21)11-12-5-7-14(8-6-12)20-16-4-2-1-3-15(16)19-17(20)22/h1-8,10,13H,9,11,18H2,(H,19,22)/t13-/m0/s1. The Bertz CT molecular complexity index is 846. The van der Waals surface area contributed by atoms with Crippen LogP contribution in [0.1, 0.15) is 12.0 Å². The molecule has 3 rings (SSSR count). The van der Waals surface area contributed by atoms with E-state index in [1.807, 2.05) is 48.5 Å². The van der Waals surface area contributed by atoms with Crippen LogP contribution in [0.2, 0.25) is 0 Å². The second-order valence-corrected chi connectivity index (χ2v) is 5.32. The number of imidazole rings is 1. The number of carbonyl (C=O) groups is 1. The lowest BCUT2D eigenvalue weighted by molar-refractivity contribution is -0.108. The van der Waals surface area contributed by atoms with Crippen molar-refractivity contribution in [2.45, 2.75) is 18.9 Å². The Balaban J connectivity index is 1.93. The van der Waals surface area contributed by atoms with Crippen LogP contribution in [0.4, 0.5) is 0 Å². The van der Waals surface area contributed by atoms with E-state index in [2.05, 4.69) is 4.98 Å². The van der Waals surface area contributed by atoms with Crippen LogP contribution >= 0.6 is 0 Å². The van der Waals surface area contributed by atoms with Crippen molar-refractivity contribution in [3.63, 3.8) is 0 Å². The molecule has 3 aromatic rings. The summed E-state index contributed by atoms with van der Waals surface area (Å²) in [6, 6.07) is 15.1. The first-order valence-corrected chi connectivity index (χ1v) is 7.17. The third kappa shape index (κ3) is 2.71. The molecule has 0 fully saturated rings. The van der Waals surface area contributed by atoms with E-state index in [-0.39, 0.29) is 11.7 Å². The van der Waals surface area contributed by atoms with Gasteiger partial charge in [0.2, 0.25) is 0 Å². The normalized spacial score (nSPS) is 12.4. The Labute approximate surface area is 127 Å². The highest BCUT2D eigenvalue weighted by Gasteiger charge is 2.08. The minimum absolute atomic E-state index is 0.161. The SMILES string of the molecule is N[C@@H](CC=O)Cc1ccc(-n2c(=O)[nH]c3ccccc32)cc1. The van der Waals surface area contributed by atoms with Crippen molar-refractivity contribution in [2.75, 3.05) is 0 Å². The lowest BCUT2D eigenvalue weighted by atomic mass is 10.0. The largest absolute Gasteiger partial charge is 0.331 e. The van der Waals surface area contributed by atoms with Gasteiger partial charge in [0.15, 0.2) is 0 Å². The first-order valence-electron chi connectivity index (χ1n) is 7.17. The number of nitrogens with one attached hydrogen (secondary N) is 1. The van der Waals surface area contributed by atoms with Crippen molar-refractivity contribution in [1.82, 2.24) is 9.55 Å². The van der Waals surface area contributed by atoms with Crippen molar-refractivity contribution >= 4 is 17.3 Å². The number of aromatic amines is 1. The highest BCUT2D eigenvalue weighted by Crippen LogP contribution is 2.16. The number of nitrogens with two attached hydrogens (primary N) is 1. The molecule has 0 radical (unpaired) electrons. The molecular formula is C17H17N3O2. The van der Waals surface area contributed by atoms with E-state index >= 15 is 0 Å². The van der Waals surface area contributed by atoms with E-state index in [1.165, 1.54) is 0 Å². The number of aromatic nitrogens is 2. The van der Waals surface area contributed by atoms with E-state index in [0.717, 1.165) is 28.6 Å². The molecule has 0 aliphatic rings. The van der Waals surface area contributed by atoms with Gasteiger partial charge in [-0.05, 0) is 36.2 Å². The van der Waals surface area contributed by atoms with Gasteiger partial charge in [-0.15, -0.1) is 0 Å². The van der Waals surface area contributed by atoms with Crippen LogP contribution in [-0.4, -0.2) is 21.9 Å². The van der Waals surface area contributed by atoms with Crippen LogP contribution in [0.25, 0.3) is 16.7 Å². The zero-order valence-corrected chi connectivity index (χ0v) is 12.0. The van der Waals surface area contributed by atoms with Gasteiger partial charge in [0.25, 0.3) is 0 Å². The zero-order valence-electron chi connectivity index (χ0n) is 12.0. The number of H-pyrrole nitrogens is 1. The van der Waals surface area contributed by atoms with E-state index in [9.17, 15) is 9.59 Å². The van der Waals surface area contributed by atoms with Gasteiger partial charge in [-0.3, -0.25) is 4.57 Å². The molecule has 1 heterocycles. The maximum atomic E-state index is 12.1. The molecule has 5 heteroatoms. The summed E-state index contributed by atoms with van der Waals surface area (Å²) in [5.74, 6) is 0. The Morgan fingerprint density at radius 3 is 2.59 bits per heavy atom. The monoisotopic (exact) mass is 295 g/mol. The molecule has 0 bridgehead atoms. The molecule has 0 spiro atoms. The van der Waals surface area contributed by atoms with Crippen LogP contribution in [0, 0.1) is 0 Å². The van der Waals surface area contributed by atoms with Crippen LogP contribution < -0.4 is 11.4 Å². The van der Waals surface area contributed by atoms with Crippen molar-refractivity contribution in [3.8, 4) is 5.69 Å². The van der Waals surface area contributed by atoms with E-state index in [0.29, 0.717) is 12.8 Å². The molecule has 1 atom stereocenters. The summed E-state index contributed by atoms with van der Waals surface area (Å²) in [7, 11) is 0. The molecule has 0 saturated carbocycles. The summed E-state index contributed by atoms with van der Waals surface area (Å²) in [4.78, 5) is 25.4. The van der Waals surface area contributed by atoms with E-state index in [4.69, 9.17) is 5.73 Å². The number of benzene rings is 2. The lowest BCUT2D eigenvalue weighted by Gasteiger charge is -2.09. The predicted octanol–water partition coefficient (Wildman–Crippen LogP) is 1.78. The molecule has 0 amide bonds. The maximum absolute atomic E-state index is 12.1. The van der Waals surface area contributed by atoms with Gasteiger partial charge < -0.3 is 15.5 Å². The van der Waals surface area contributed by atoms with Gasteiger partial charge in [-0.1, -0.05) is 24.3 Å². The second-order valence-electron chi connectivity index (χ2n) is 5.32. The first kappa shape index (κ1) is 14.3. The van der Waals surface area contributed by atoms with Crippen LogP contribution in [-0.2, 0) is 11.2 Å². The van der Waals surface area contributed by atoms with Crippen molar-refractivity contribution in [3.05, 3.63) is 64.6 Å². The number of hydrogen-bond donors (Lipinski definition) is 2. The Morgan fingerprint density at radius 1 is 1.14 bits per heavy atom. The number of fused-ring (bicyclic) bond motifs is 1. The third-order valence-electron chi connectivity index (χ3n) is 3.68.